The lowest BCUT2D eigenvalue weighted by Gasteiger charge is -2.29. The van der Waals surface area contributed by atoms with Crippen LogP contribution in [-0.2, 0) is 11.2 Å². The quantitative estimate of drug-likeness (QED) is 0.878. The van der Waals surface area contributed by atoms with Gasteiger partial charge in [-0.3, -0.25) is 4.79 Å². The fourth-order valence-electron chi connectivity index (χ4n) is 3.46. The first kappa shape index (κ1) is 12.9. The molecule has 2 unspecified atom stereocenters. The van der Waals surface area contributed by atoms with Crippen LogP contribution >= 0.6 is 0 Å². The monoisotopic (exact) mass is 257 g/mol. The second-order valence-electron chi connectivity index (χ2n) is 6.09. The average molecular weight is 257 g/mol. The van der Waals surface area contributed by atoms with E-state index in [1.54, 1.807) is 0 Å². The van der Waals surface area contributed by atoms with E-state index < -0.39 is 0 Å². The van der Waals surface area contributed by atoms with E-state index in [0.717, 1.165) is 44.7 Å². The van der Waals surface area contributed by atoms with Gasteiger partial charge in [0.15, 0.2) is 0 Å². The summed E-state index contributed by atoms with van der Waals surface area (Å²) in [6.07, 6.45) is 6.30. The number of benzene rings is 1. The number of hydrogen-bond acceptors (Lipinski definition) is 2. The Labute approximate surface area is 115 Å². The second kappa shape index (κ2) is 5.87. The summed E-state index contributed by atoms with van der Waals surface area (Å²) in [5, 5.41) is 3.42. The number of fused-ring (bicyclic) bond motifs is 1. The third-order valence-electron chi connectivity index (χ3n) is 4.67. The summed E-state index contributed by atoms with van der Waals surface area (Å²) < 4.78 is 0. The maximum absolute atomic E-state index is 12.1. The van der Waals surface area contributed by atoms with Crippen molar-refractivity contribution >= 4 is 5.78 Å². The van der Waals surface area contributed by atoms with E-state index in [1.165, 1.54) is 24.0 Å². The van der Waals surface area contributed by atoms with Gasteiger partial charge in [0, 0.05) is 12.8 Å². The van der Waals surface area contributed by atoms with Gasteiger partial charge < -0.3 is 5.32 Å². The SMILES string of the molecule is O=C(CCC1CCCNC1)CC1Cc2ccccc21. The predicted octanol–water partition coefficient (Wildman–Crippen LogP) is 3.07. The maximum Gasteiger partial charge on any atom is 0.133 e. The Morgan fingerprint density at radius 1 is 1.32 bits per heavy atom. The smallest absolute Gasteiger partial charge is 0.133 e. The van der Waals surface area contributed by atoms with Crippen molar-refractivity contribution in [2.45, 2.75) is 44.4 Å². The third-order valence-corrected chi connectivity index (χ3v) is 4.67. The lowest BCUT2D eigenvalue weighted by Crippen LogP contribution is -2.30. The van der Waals surface area contributed by atoms with Gasteiger partial charge in [-0.15, -0.1) is 0 Å². The molecule has 2 nitrogen and oxygen atoms in total. The molecule has 102 valence electrons. The number of Topliss-reactive ketones (excluding diaryl/α,β-unsaturated/α-hetero) is 1. The van der Waals surface area contributed by atoms with Crippen molar-refractivity contribution < 1.29 is 4.79 Å². The minimum Gasteiger partial charge on any atom is -0.316 e. The largest absolute Gasteiger partial charge is 0.316 e. The van der Waals surface area contributed by atoms with Crippen molar-refractivity contribution in [1.82, 2.24) is 5.32 Å². The Balaban J connectivity index is 1.43. The highest BCUT2D eigenvalue weighted by Gasteiger charge is 2.27. The van der Waals surface area contributed by atoms with Crippen molar-refractivity contribution in [2.24, 2.45) is 5.92 Å². The Kier molecular flexibility index (Phi) is 3.97. The molecule has 0 saturated carbocycles. The fourth-order valence-corrected chi connectivity index (χ4v) is 3.46. The molecule has 2 atom stereocenters. The van der Waals surface area contributed by atoms with Crippen LogP contribution in [0.2, 0.25) is 0 Å². The maximum atomic E-state index is 12.1. The van der Waals surface area contributed by atoms with Gasteiger partial charge in [0.05, 0.1) is 0 Å². The van der Waals surface area contributed by atoms with Gasteiger partial charge in [0.2, 0.25) is 0 Å². The zero-order valence-electron chi connectivity index (χ0n) is 11.5. The molecular weight excluding hydrogens is 234 g/mol. The molecule has 1 saturated heterocycles. The summed E-state index contributed by atoms with van der Waals surface area (Å²) in [7, 11) is 0. The molecular formula is C17H23NO. The number of carbonyl (C=O) groups excluding carboxylic acids is 1. The van der Waals surface area contributed by atoms with E-state index >= 15 is 0 Å². The number of carbonyl (C=O) groups is 1. The first-order valence-corrected chi connectivity index (χ1v) is 7.63. The number of ketones is 1. The molecule has 3 rings (SSSR count). The Morgan fingerprint density at radius 3 is 3.00 bits per heavy atom. The van der Waals surface area contributed by atoms with Crippen molar-refractivity contribution in [1.29, 1.82) is 0 Å². The summed E-state index contributed by atoms with van der Waals surface area (Å²) >= 11 is 0. The van der Waals surface area contributed by atoms with Crippen LogP contribution in [0.3, 0.4) is 0 Å². The third kappa shape index (κ3) is 3.06. The highest BCUT2D eigenvalue weighted by atomic mass is 16.1. The molecule has 0 radical (unpaired) electrons. The molecule has 1 N–H and O–H groups in total. The van der Waals surface area contributed by atoms with Gasteiger partial charge in [-0.05, 0) is 61.7 Å². The van der Waals surface area contributed by atoms with Crippen LogP contribution in [0.4, 0.5) is 0 Å². The van der Waals surface area contributed by atoms with Gasteiger partial charge in [-0.25, -0.2) is 0 Å². The van der Waals surface area contributed by atoms with Crippen LogP contribution in [0.1, 0.15) is 49.1 Å². The molecule has 2 heteroatoms. The van der Waals surface area contributed by atoms with E-state index in [-0.39, 0.29) is 0 Å². The molecule has 0 spiro atoms. The molecule has 0 amide bonds. The standard InChI is InChI=1S/C17H23NO/c19-16(8-7-13-4-3-9-18-12-13)11-15-10-14-5-1-2-6-17(14)15/h1-2,5-6,13,15,18H,3-4,7-12H2. The minimum absolute atomic E-state index is 0.463. The molecule has 1 aromatic rings. The normalized spacial score (nSPS) is 25.5. The number of hydrogen-bond donors (Lipinski definition) is 1. The van der Waals surface area contributed by atoms with E-state index in [0.29, 0.717) is 11.7 Å². The zero-order valence-corrected chi connectivity index (χ0v) is 11.5. The van der Waals surface area contributed by atoms with Gasteiger partial charge in [0.25, 0.3) is 0 Å². The number of rotatable bonds is 5. The van der Waals surface area contributed by atoms with Gasteiger partial charge in [0.1, 0.15) is 5.78 Å². The summed E-state index contributed by atoms with van der Waals surface area (Å²) in [6, 6.07) is 8.54. The first-order valence-electron chi connectivity index (χ1n) is 7.63. The lowest BCUT2D eigenvalue weighted by molar-refractivity contribution is -0.119. The van der Waals surface area contributed by atoms with Gasteiger partial charge in [-0.1, -0.05) is 24.3 Å². The summed E-state index contributed by atoms with van der Waals surface area (Å²) in [5.74, 6) is 1.70. The molecule has 2 aliphatic rings. The summed E-state index contributed by atoms with van der Waals surface area (Å²) in [4.78, 5) is 12.1. The Morgan fingerprint density at radius 2 is 2.21 bits per heavy atom. The Bertz CT molecular complexity index is 448. The number of piperidine rings is 1. The molecule has 1 aromatic carbocycles. The van der Waals surface area contributed by atoms with Crippen LogP contribution < -0.4 is 5.32 Å². The minimum atomic E-state index is 0.463. The average Bonchev–Trinajstić information content (AvgIpc) is 2.44. The molecule has 1 heterocycles. The molecule has 1 aliphatic carbocycles. The summed E-state index contributed by atoms with van der Waals surface area (Å²) in [6.45, 7) is 2.27. The summed E-state index contributed by atoms with van der Waals surface area (Å²) in [5.41, 5.74) is 2.85. The van der Waals surface area contributed by atoms with E-state index in [1.807, 2.05) is 0 Å². The van der Waals surface area contributed by atoms with Gasteiger partial charge >= 0.3 is 0 Å². The van der Waals surface area contributed by atoms with Crippen molar-refractivity contribution in [3.8, 4) is 0 Å². The molecule has 1 aliphatic heterocycles. The topological polar surface area (TPSA) is 29.1 Å². The van der Waals surface area contributed by atoms with E-state index in [9.17, 15) is 4.79 Å². The van der Waals surface area contributed by atoms with Crippen molar-refractivity contribution in [2.75, 3.05) is 13.1 Å². The molecule has 19 heavy (non-hydrogen) atoms. The zero-order chi connectivity index (χ0) is 13.1. The highest BCUT2D eigenvalue weighted by molar-refractivity contribution is 5.79. The second-order valence-corrected chi connectivity index (χ2v) is 6.09. The first-order chi connectivity index (χ1) is 9.33. The highest BCUT2D eigenvalue weighted by Crippen LogP contribution is 2.37. The molecule has 0 aromatic heterocycles. The molecule has 1 fully saturated rings. The Hall–Kier alpha value is -1.15. The van der Waals surface area contributed by atoms with Crippen molar-refractivity contribution in [3.63, 3.8) is 0 Å². The van der Waals surface area contributed by atoms with E-state index in [4.69, 9.17) is 0 Å². The van der Waals surface area contributed by atoms with Crippen LogP contribution in [-0.4, -0.2) is 18.9 Å². The van der Waals surface area contributed by atoms with Crippen LogP contribution in [0, 0.1) is 5.92 Å². The fraction of sp³-hybridized carbons (Fsp3) is 0.588. The van der Waals surface area contributed by atoms with E-state index in [2.05, 4.69) is 29.6 Å². The van der Waals surface area contributed by atoms with Crippen LogP contribution in [0.5, 0.6) is 0 Å². The lowest BCUT2D eigenvalue weighted by atomic mass is 9.74. The predicted molar refractivity (Wildman–Crippen MR) is 77.3 cm³/mol. The van der Waals surface area contributed by atoms with Crippen LogP contribution in [0.25, 0.3) is 0 Å². The molecule has 0 bridgehead atoms. The van der Waals surface area contributed by atoms with Crippen molar-refractivity contribution in [3.05, 3.63) is 35.4 Å². The number of nitrogens with one attached hydrogen (secondary N) is 1. The van der Waals surface area contributed by atoms with Crippen LogP contribution in [0.15, 0.2) is 24.3 Å². The van der Waals surface area contributed by atoms with Gasteiger partial charge in [-0.2, -0.15) is 0 Å².